The Kier molecular flexibility index (Phi) is 6.03. The molecule has 7 nitrogen and oxygen atoms in total. The molecule has 0 spiro atoms. The van der Waals surface area contributed by atoms with Gasteiger partial charge in [-0.25, -0.2) is 18.4 Å². The minimum Gasteiger partial charge on any atom is -0.495 e. The molecule has 0 bridgehead atoms. The predicted molar refractivity (Wildman–Crippen MR) is 118 cm³/mol. The number of hydrogen-bond donors (Lipinski definition) is 1. The van der Waals surface area contributed by atoms with Crippen molar-refractivity contribution in [2.45, 2.75) is 30.6 Å². The Morgan fingerprint density at radius 1 is 1.10 bits per heavy atom. The monoisotopic (exact) mass is 444 g/mol. The van der Waals surface area contributed by atoms with E-state index in [0.29, 0.717) is 18.8 Å². The average molecular weight is 445 g/mol. The molecule has 2 aromatic heterocycles. The number of pyridine rings is 1. The van der Waals surface area contributed by atoms with Gasteiger partial charge in [0.15, 0.2) is 5.13 Å². The summed E-state index contributed by atoms with van der Waals surface area (Å²) in [6.45, 7) is 2.87. The summed E-state index contributed by atoms with van der Waals surface area (Å²) < 4.78 is 33.0. The topological polar surface area (TPSA) is 84.4 Å². The number of sulfonamides is 1. The van der Waals surface area contributed by atoms with Crippen LogP contribution >= 0.6 is 11.3 Å². The molecular formula is C21H24N4O3S2. The zero-order chi connectivity index (χ0) is 21.1. The summed E-state index contributed by atoms with van der Waals surface area (Å²) in [6.07, 6.45) is 1.45. The van der Waals surface area contributed by atoms with E-state index in [1.165, 1.54) is 7.11 Å². The van der Waals surface area contributed by atoms with Crippen molar-refractivity contribution in [2.24, 2.45) is 0 Å². The number of nitrogens with zero attached hydrogens (tertiary/aromatic N) is 3. The number of para-hydroxylation sites is 1. The highest BCUT2D eigenvalue weighted by Crippen LogP contribution is 2.33. The number of hydrogen-bond acceptors (Lipinski definition) is 7. The predicted octanol–water partition coefficient (Wildman–Crippen LogP) is 4.17. The number of piperidine rings is 1. The Bertz CT molecular complexity index is 1120. The summed E-state index contributed by atoms with van der Waals surface area (Å²) in [5.41, 5.74) is 1.95. The van der Waals surface area contributed by atoms with Gasteiger partial charge in [-0.15, -0.1) is 11.3 Å². The SMILES string of the molecule is COc1ccccc1S(=O)(=O)N1CCC(c2cccc(Nc3nc(C)cs3)n2)CC1. The van der Waals surface area contributed by atoms with Gasteiger partial charge in [-0.1, -0.05) is 18.2 Å². The van der Waals surface area contributed by atoms with Crippen LogP contribution < -0.4 is 10.1 Å². The van der Waals surface area contributed by atoms with E-state index in [1.54, 1.807) is 39.9 Å². The normalized spacial score (nSPS) is 15.8. The lowest BCUT2D eigenvalue weighted by atomic mass is 9.94. The van der Waals surface area contributed by atoms with E-state index in [4.69, 9.17) is 9.72 Å². The van der Waals surface area contributed by atoms with E-state index in [2.05, 4.69) is 10.3 Å². The maximum atomic E-state index is 13.1. The Hall–Kier alpha value is -2.49. The fourth-order valence-electron chi connectivity index (χ4n) is 3.63. The maximum Gasteiger partial charge on any atom is 0.246 e. The lowest BCUT2D eigenvalue weighted by Crippen LogP contribution is -2.38. The van der Waals surface area contributed by atoms with Crippen molar-refractivity contribution in [3.05, 3.63) is 59.2 Å². The molecule has 1 fully saturated rings. The third kappa shape index (κ3) is 4.33. The largest absolute Gasteiger partial charge is 0.495 e. The van der Waals surface area contributed by atoms with Crippen LogP contribution in [-0.2, 0) is 10.0 Å². The zero-order valence-corrected chi connectivity index (χ0v) is 18.5. The van der Waals surface area contributed by atoms with Gasteiger partial charge in [-0.2, -0.15) is 4.31 Å². The number of nitrogens with one attached hydrogen (secondary N) is 1. The molecule has 1 N–H and O–H groups in total. The van der Waals surface area contributed by atoms with Crippen molar-refractivity contribution >= 4 is 32.3 Å². The van der Waals surface area contributed by atoms with Crippen molar-refractivity contribution in [2.75, 3.05) is 25.5 Å². The van der Waals surface area contributed by atoms with Gasteiger partial charge >= 0.3 is 0 Å². The van der Waals surface area contributed by atoms with Gasteiger partial charge in [-0.05, 0) is 44.0 Å². The molecule has 1 aliphatic rings. The second kappa shape index (κ2) is 8.71. The van der Waals surface area contributed by atoms with Crippen molar-refractivity contribution in [3.8, 4) is 5.75 Å². The number of anilines is 2. The van der Waals surface area contributed by atoms with Gasteiger partial charge in [0, 0.05) is 30.1 Å². The van der Waals surface area contributed by atoms with Crippen LogP contribution in [0.5, 0.6) is 5.75 Å². The van der Waals surface area contributed by atoms with Gasteiger partial charge in [0.25, 0.3) is 0 Å². The van der Waals surface area contributed by atoms with E-state index in [9.17, 15) is 8.42 Å². The van der Waals surface area contributed by atoms with Gasteiger partial charge in [0.1, 0.15) is 16.5 Å². The summed E-state index contributed by atoms with van der Waals surface area (Å²) >= 11 is 1.54. The molecule has 158 valence electrons. The van der Waals surface area contributed by atoms with Crippen molar-refractivity contribution < 1.29 is 13.2 Å². The molecule has 0 amide bonds. The van der Waals surface area contributed by atoms with Gasteiger partial charge in [0.2, 0.25) is 10.0 Å². The third-order valence-electron chi connectivity index (χ3n) is 5.18. The molecule has 1 aliphatic heterocycles. The molecule has 0 unspecified atom stereocenters. The van der Waals surface area contributed by atoms with Gasteiger partial charge in [0.05, 0.1) is 12.8 Å². The first-order valence-corrected chi connectivity index (χ1v) is 12.1. The molecule has 0 radical (unpaired) electrons. The summed E-state index contributed by atoms with van der Waals surface area (Å²) in [4.78, 5) is 9.37. The van der Waals surface area contributed by atoms with Gasteiger partial charge in [-0.3, -0.25) is 0 Å². The zero-order valence-electron chi connectivity index (χ0n) is 16.9. The highest BCUT2D eigenvalue weighted by atomic mass is 32.2. The van der Waals surface area contributed by atoms with Crippen LogP contribution in [0.2, 0.25) is 0 Å². The third-order valence-corrected chi connectivity index (χ3v) is 8.00. The first kappa shape index (κ1) is 20.8. The second-order valence-electron chi connectivity index (χ2n) is 7.20. The van der Waals surface area contributed by atoms with Crippen LogP contribution in [0.3, 0.4) is 0 Å². The molecule has 30 heavy (non-hydrogen) atoms. The summed E-state index contributed by atoms with van der Waals surface area (Å²) in [7, 11) is -2.10. The van der Waals surface area contributed by atoms with Crippen molar-refractivity contribution in [1.29, 1.82) is 0 Å². The summed E-state index contributed by atoms with van der Waals surface area (Å²) in [5, 5.41) is 6.05. The molecule has 1 aromatic carbocycles. The number of ether oxygens (including phenoxy) is 1. The van der Waals surface area contributed by atoms with E-state index >= 15 is 0 Å². The maximum absolute atomic E-state index is 13.1. The fourth-order valence-corrected chi connectivity index (χ4v) is 5.95. The van der Waals surface area contributed by atoms with Crippen LogP contribution in [-0.4, -0.2) is 42.9 Å². The fraction of sp³-hybridized carbons (Fsp3) is 0.333. The number of aromatic nitrogens is 2. The first-order chi connectivity index (χ1) is 14.5. The highest BCUT2D eigenvalue weighted by Gasteiger charge is 2.32. The van der Waals surface area contributed by atoms with Gasteiger partial charge < -0.3 is 10.1 Å². The minimum atomic E-state index is -3.59. The van der Waals surface area contributed by atoms with Crippen LogP contribution in [0.1, 0.15) is 30.1 Å². The number of methoxy groups -OCH3 is 1. The molecule has 9 heteroatoms. The Morgan fingerprint density at radius 2 is 1.87 bits per heavy atom. The number of aryl methyl sites for hydroxylation is 1. The van der Waals surface area contributed by atoms with Crippen LogP contribution in [0.15, 0.2) is 52.7 Å². The second-order valence-corrected chi connectivity index (χ2v) is 9.96. The van der Waals surface area contributed by atoms with Crippen LogP contribution in [0, 0.1) is 6.92 Å². The van der Waals surface area contributed by atoms with Crippen molar-refractivity contribution in [3.63, 3.8) is 0 Å². The number of benzene rings is 1. The summed E-state index contributed by atoms with van der Waals surface area (Å²) in [6, 6.07) is 12.7. The molecule has 0 atom stereocenters. The van der Waals surface area contributed by atoms with Crippen LogP contribution in [0.4, 0.5) is 10.9 Å². The van der Waals surface area contributed by atoms with E-state index < -0.39 is 10.0 Å². The molecule has 3 aromatic rings. The molecular weight excluding hydrogens is 420 g/mol. The van der Waals surface area contributed by atoms with E-state index in [0.717, 1.165) is 35.2 Å². The van der Waals surface area contributed by atoms with E-state index in [1.807, 2.05) is 30.5 Å². The lowest BCUT2D eigenvalue weighted by molar-refractivity contribution is 0.315. The highest BCUT2D eigenvalue weighted by molar-refractivity contribution is 7.89. The first-order valence-electron chi connectivity index (χ1n) is 9.76. The van der Waals surface area contributed by atoms with Crippen molar-refractivity contribution in [1.82, 2.24) is 14.3 Å². The van der Waals surface area contributed by atoms with Crippen LogP contribution in [0.25, 0.3) is 0 Å². The minimum absolute atomic E-state index is 0.217. The molecule has 0 aliphatic carbocycles. The van der Waals surface area contributed by atoms with E-state index in [-0.39, 0.29) is 10.8 Å². The average Bonchev–Trinajstić information content (AvgIpc) is 3.18. The number of rotatable bonds is 6. The smallest absolute Gasteiger partial charge is 0.246 e. The number of thiazole rings is 1. The molecule has 3 heterocycles. The molecule has 4 rings (SSSR count). The Labute approximate surface area is 180 Å². The standard InChI is InChI=1S/C21H24N4O3S2/c1-15-14-29-21(22-15)24-20-9-5-6-17(23-20)16-10-12-25(13-11-16)30(26,27)19-8-4-3-7-18(19)28-2/h3-9,14,16H,10-13H2,1-2H3,(H,22,23,24). The molecule has 1 saturated heterocycles. The summed E-state index contributed by atoms with van der Waals surface area (Å²) in [5.74, 6) is 1.34. The molecule has 0 saturated carbocycles. The Balaban J connectivity index is 1.45. The quantitative estimate of drug-likeness (QED) is 0.614. The lowest BCUT2D eigenvalue weighted by Gasteiger charge is -2.31. The Morgan fingerprint density at radius 3 is 2.57 bits per heavy atom.